The summed E-state index contributed by atoms with van der Waals surface area (Å²) in [6.45, 7) is 1.43. The molecule has 0 radical (unpaired) electrons. The van der Waals surface area contributed by atoms with Gasteiger partial charge in [0.25, 0.3) is 0 Å². The van der Waals surface area contributed by atoms with Crippen LogP contribution >= 0.6 is 0 Å². The summed E-state index contributed by atoms with van der Waals surface area (Å²) in [5, 5.41) is 17.8. The van der Waals surface area contributed by atoms with E-state index >= 15 is 0 Å². The predicted molar refractivity (Wildman–Crippen MR) is 75.6 cm³/mol. The van der Waals surface area contributed by atoms with Crippen molar-refractivity contribution in [1.29, 1.82) is 5.26 Å². The number of nitriles is 1. The topological polar surface area (TPSA) is 120 Å². The molecule has 1 aromatic heterocycles. The lowest BCUT2D eigenvalue weighted by molar-refractivity contribution is 0.0660. The summed E-state index contributed by atoms with van der Waals surface area (Å²) >= 11 is 0. The van der Waals surface area contributed by atoms with Crippen LogP contribution in [0.4, 0.5) is 0 Å². The van der Waals surface area contributed by atoms with E-state index in [1.807, 2.05) is 6.07 Å². The standard InChI is InChI=1S/C14H12N2O5S/c1-9-3-2-4-13(11(9)7-15)22(19,20)16-8-10-5-6-12(21-10)14(17)18/h2-6,16H,8H2,1H3,(H,17,18). The van der Waals surface area contributed by atoms with Gasteiger partial charge >= 0.3 is 5.97 Å². The Morgan fingerprint density at radius 1 is 1.36 bits per heavy atom. The van der Waals surface area contributed by atoms with Crippen LogP contribution in [0.3, 0.4) is 0 Å². The van der Waals surface area contributed by atoms with E-state index in [4.69, 9.17) is 14.8 Å². The van der Waals surface area contributed by atoms with E-state index in [1.165, 1.54) is 18.2 Å². The summed E-state index contributed by atoms with van der Waals surface area (Å²) in [6, 6.07) is 8.99. The van der Waals surface area contributed by atoms with Crippen molar-refractivity contribution in [2.24, 2.45) is 0 Å². The first-order valence-electron chi connectivity index (χ1n) is 6.16. The fourth-order valence-corrected chi connectivity index (χ4v) is 3.06. The molecule has 0 unspecified atom stereocenters. The molecular formula is C14H12N2O5S. The van der Waals surface area contributed by atoms with E-state index in [0.29, 0.717) is 5.56 Å². The molecule has 0 aliphatic rings. The number of carboxylic acid groups (broad SMARTS) is 1. The van der Waals surface area contributed by atoms with Gasteiger partial charge in [-0.05, 0) is 30.7 Å². The molecule has 2 rings (SSSR count). The third kappa shape index (κ3) is 3.16. The number of nitrogens with zero attached hydrogens (tertiary/aromatic N) is 1. The lowest BCUT2D eigenvalue weighted by Gasteiger charge is -2.08. The summed E-state index contributed by atoms with van der Waals surface area (Å²) in [7, 11) is -3.91. The number of aryl methyl sites for hydroxylation is 1. The van der Waals surface area contributed by atoms with Gasteiger partial charge in [-0.15, -0.1) is 0 Å². The average Bonchev–Trinajstić information content (AvgIpc) is 2.94. The van der Waals surface area contributed by atoms with E-state index in [1.54, 1.807) is 19.1 Å². The number of carbonyl (C=O) groups is 1. The smallest absolute Gasteiger partial charge is 0.371 e. The van der Waals surface area contributed by atoms with Crippen LogP contribution in [0.5, 0.6) is 0 Å². The minimum absolute atomic E-state index is 0.0701. The average molecular weight is 320 g/mol. The molecule has 114 valence electrons. The fourth-order valence-electron chi connectivity index (χ4n) is 1.84. The van der Waals surface area contributed by atoms with Crippen molar-refractivity contribution in [2.75, 3.05) is 0 Å². The highest BCUT2D eigenvalue weighted by Gasteiger charge is 2.20. The minimum Gasteiger partial charge on any atom is -0.475 e. The maximum atomic E-state index is 12.3. The van der Waals surface area contributed by atoms with Gasteiger partial charge in [0.15, 0.2) is 0 Å². The lowest BCUT2D eigenvalue weighted by Crippen LogP contribution is -2.24. The molecule has 0 saturated heterocycles. The highest BCUT2D eigenvalue weighted by atomic mass is 32.2. The van der Waals surface area contributed by atoms with E-state index in [9.17, 15) is 13.2 Å². The van der Waals surface area contributed by atoms with Gasteiger partial charge in [0.2, 0.25) is 15.8 Å². The van der Waals surface area contributed by atoms with Gasteiger partial charge in [-0.25, -0.2) is 17.9 Å². The third-order valence-electron chi connectivity index (χ3n) is 2.94. The predicted octanol–water partition coefficient (Wildman–Crippen LogP) is 1.64. The number of benzene rings is 1. The number of sulfonamides is 1. The molecule has 1 aromatic carbocycles. The Labute approximate surface area is 126 Å². The molecule has 22 heavy (non-hydrogen) atoms. The molecule has 1 heterocycles. The van der Waals surface area contributed by atoms with Gasteiger partial charge < -0.3 is 9.52 Å². The van der Waals surface area contributed by atoms with Crippen molar-refractivity contribution >= 4 is 16.0 Å². The van der Waals surface area contributed by atoms with Crippen LogP contribution in [-0.4, -0.2) is 19.5 Å². The Bertz CT molecular complexity index is 862. The minimum atomic E-state index is -3.91. The molecule has 0 amide bonds. The second kappa shape index (κ2) is 6.01. The number of aromatic carboxylic acids is 1. The molecule has 0 atom stereocenters. The van der Waals surface area contributed by atoms with Crippen LogP contribution in [0.15, 0.2) is 39.6 Å². The highest BCUT2D eigenvalue weighted by Crippen LogP contribution is 2.19. The van der Waals surface area contributed by atoms with E-state index in [0.717, 1.165) is 0 Å². The monoisotopic (exact) mass is 320 g/mol. The summed E-state index contributed by atoms with van der Waals surface area (Å²) in [6.07, 6.45) is 0. The second-order valence-corrected chi connectivity index (χ2v) is 6.19. The third-order valence-corrected chi connectivity index (χ3v) is 4.39. The molecular weight excluding hydrogens is 308 g/mol. The number of nitrogens with one attached hydrogen (secondary N) is 1. The molecule has 2 N–H and O–H groups in total. The first kappa shape index (κ1) is 15.8. The Balaban J connectivity index is 2.23. The Hall–Kier alpha value is -2.63. The molecule has 2 aromatic rings. The van der Waals surface area contributed by atoms with E-state index in [-0.39, 0.29) is 28.5 Å². The normalized spacial score (nSPS) is 11.1. The number of carboxylic acids is 1. The van der Waals surface area contributed by atoms with Crippen LogP contribution < -0.4 is 4.72 Å². The van der Waals surface area contributed by atoms with Crippen LogP contribution in [0, 0.1) is 18.3 Å². The van der Waals surface area contributed by atoms with Gasteiger partial charge in [0.05, 0.1) is 12.1 Å². The molecule has 0 saturated carbocycles. The maximum absolute atomic E-state index is 12.3. The SMILES string of the molecule is Cc1cccc(S(=O)(=O)NCc2ccc(C(=O)O)o2)c1C#N. The quantitative estimate of drug-likeness (QED) is 0.864. The van der Waals surface area contributed by atoms with Gasteiger partial charge in [-0.2, -0.15) is 5.26 Å². The van der Waals surface area contributed by atoms with Crippen molar-refractivity contribution in [2.45, 2.75) is 18.4 Å². The van der Waals surface area contributed by atoms with E-state index in [2.05, 4.69) is 4.72 Å². The Morgan fingerprint density at radius 2 is 2.09 bits per heavy atom. The zero-order valence-corrected chi connectivity index (χ0v) is 12.3. The molecule has 0 aliphatic heterocycles. The molecule has 7 nitrogen and oxygen atoms in total. The largest absolute Gasteiger partial charge is 0.475 e. The van der Waals surface area contributed by atoms with Crippen LogP contribution in [-0.2, 0) is 16.6 Å². The van der Waals surface area contributed by atoms with Crippen molar-refractivity contribution in [3.8, 4) is 6.07 Å². The van der Waals surface area contributed by atoms with Crippen molar-refractivity contribution < 1.29 is 22.7 Å². The van der Waals surface area contributed by atoms with Crippen molar-refractivity contribution in [3.05, 3.63) is 53.0 Å². The van der Waals surface area contributed by atoms with Crippen LogP contribution in [0.1, 0.15) is 27.4 Å². The summed E-state index contributed by atoms with van der Waals surface area (Å²) in [5.41, 5.74) is 0.622. The van der Waals surface area contributed by atoms with Crippen molar-refractivity contribution in [1.82, 2.24) is 4.72 Å². The van der Waals surface area contributed by atoms with Crippen LogP contribution in [0.2, 0.25) is 0 Å². The summed E-state index contributed by atoms with van der Waals surface area (Å²) in [5.74, 6) is -1.35. The molecule has 0 bridgehead atoms. The Morgan fingerprint density at radius 3 is 2.68 bits per heavy atom. The maximum Gasteiger partial charge on any atom is 0.371 e. The summed E-state index contributed by atoms with van der Waals surface area (Å²) < 4.78 is 31.8. The van der Waals surface area contributed by atoms with Crippen LogP contribution in [0.25, 0.3) is 0 Å². The number of furan rings is 1. The highest BCUT2D eigenvalue weighted by molar-refractivity contribution is 7.89. The lowest BCUT2D eigenvalue weighted by atomic mass is 10.1. The second-order valence-electron chi connectivity index (χ2n) is 4.46. The Kier molecular flexibility index (Phi) is 4.30. The molecule has 0 spiro atoms. The molecule has 0 aliphatic carbocycles. The van der Waals surface area contributed by atoms with Gasteiger partial charge in [0, 0.05) is 0 Å². The van der Waals surface area contributed by atoms with Gasteiger partial charge in [0.1, 0.15) is 16.7 Å². The van der Waals surface area contributed by atoms with E-state index < -0.39 is 16.0 Å². The molecule has 0 fully saturated rings. The first-order chi connectivity index (χ1) is 10.3. The zero-order chi connectivity index (χ0) is 16.3. The fraction of sp³-hybridized carbons (Fsp3) is 0.143. The number of rotatable bonds is 5. The molecule has 8 heteroatoms. The first-order valence-corrected chi connectivity index (χ1v) is 7.65. The number of hydrogen-bond acceptors (Lipinski definition) is 5. The number of hydrogen-bond donors (Lipinski definition) is 2. The summed E-state index contributed by atoms with van der Waals surface area (Å²) in [4.78, 5) is 10.6. The van der Waals surface area contributed by atoms with Gasteiger partial charge in [-0.3, -0.25) is 0 Å². The van der Waals surface area contributed by atoms with Gasteiger partial charge in [-0.1, -0.05) is 12.1 Å². The zero-order valence-electron chi connectivity index (χ0n) is 11.5. The van der Waals surface area contributed by atoms with Crippen molar-refractivity contribution in [3.63, 3.8) is 0 Å².